The van der Waals surface area contributed by atoms with Gasteiger partial charge in [-0.05, 0) is 24.8 Å². The molecule has 0 amide bonds. The Kier molecular flexibility index (Phi) is 4.59. The Hall–Kier alpha value is -1.35. The molecule has 1 aliphatic heterocycles. The van der Waals surface area contributed by atoms with Gasteiger partial charge in [-0.2, -0.15) is 5.10 Å². The van der Waals surface area contributed by atoms with E-state index in [0.717, 1.165) is 31.0 Å². The van der Waals surface area contributed by atoms with Crippen LogP contribution < -0.4 is 0 Å². The van der Waals surface area contributed by atoms with Crippen LogP contribution in [0.2, 0.25) is 0 Å². The molecule has 3 heteroatoms. The Morgan fingerprint density at radius 3 is 2.76 bits per heavy atom. The van der Waals surface area contributed by atoms with Crippen molar-refractivity contribution in [3.05, 3.63) is 30.0 Å². The highest BCUT2D eigenvalue weighted by atomic mass is 16.5. The van der Waals surface area contributed by atoms with Crippen molar-refractivity contribution >= 4 is 10.9 Å². The van der Waals surface area contributed by atoms with E-state index in [1.54, 1.807) is 0 Å². The highest BCUT2D eigenvalue weighted by Crippen LogP contribution is 2.37. The van der Waals surface area contributed by atoms with Gasteiger partial charge < -0.3 is 4.74 Å². The number of hydrogen-bond donors (Lipinski definition) is 0. The van der Waals surface area contributed by atoms with Crippen molar-refractivity contribution in [1.29, 1.82) is 0 Å². The van der Waals surface area contributed by atoms with E-state index < -0.39 is 0 Å². The maximum Gasteiger partial charge on any atom is 0.0998 e. The molecule has 1 aromatic carbocycles. The Balaban J connectivity index is 0.000000636. The summed E-state index contributed by atoms with van der Waals surface area (Å²) in [5.74, 6) is 0.952. The standard InChI is InChI=1S/C16H20N2O.C2H6/c1-2-7-14-13(6-1)16-15(9-8-12-4-3-5-12)19-11-10-18(16)17-14;1-2/h1-2,6-7,12,15H,3-5,8-11H2;1-2H3. The van der Waals surface area contributed by atoms with E-state index in [0.29, 0.717) is 0 Å². The Morgan fingerprint density at radius 1 is 1.19 bits per heavy atom. The average molecular weight is 286 g/mol. The summed E-state index contributed by atoms with van der Waals surface area (Å²) in [5.41, 5.74) is 2.41. The third-order valence-electron chi connectivity index (χ3n) is 4.68. The van der Waals surface area contributed by atoms with Gasteiger partial charge in [0.15, 0.2) is 0 Å². The summed E-state index contributed by atoms with van der Waals surface area (Å²) in [4.78, 5) is 0. The minimum atomic E-state index is 0.252. The predicted molar refractivity (Wildman–Crippen MR) is 86.3 cm³/mol. The zero-order valence-electron chi connectivity index (χ0n) is 13.2. The molecule has 1 aromatic heterocycles. The van der Waals surface area contributed by atoms with Crippen LogP contribution in [0.3, 0.4) is 0 Å². The average Bonchev–Trinajstić information content (AvgIpc) is 2.87. The molecule has 2 aromatic rings. The number of benzene rings is 1. The first kappa shape index (κ1) is 14.6. The lowest BCUT2D eigenvalue weighted by Crippen LogP contribution is -2.23. The Labute approximate surface area is 127 Å². The maximum absolute atomic E-state index is 6.03. The number of hydrogen-bond acceptors (Lipinski definition) is 2. The fourth-order valence-corrected chi connectivity index (χ4v) is 3.36. The third kappa shape index (κ3) is 2.84. The third-order valence-corrected chi connectivity index (χ3v) is 4.68. The summed E-state index contributed by atoms with van der Waals surface area (Å²) >= 11 is 0. The number of ether oxygens (including phenoxy) is 1. The molecule has 114 valence electrons. The van der Waals surface area contributed by atoms with Crippen molar-refractivity contribution in [3.8, 4) is 0 Å². The van der Waals surface area contributed by atoms with Gasteiger partial charge in [-0.3, -0.25) is 4.68 Å². The van der Waals surface area contributed by atoms with Gasteiger partial charge in [0.05, 0.1) is 30.5 Å². The van der Waals surface area contributed by atoms with Crippen LogP contribution >= 0.6 is 0 Å². The highest BCUT2D eigenvalue weighted by Gasteiger charge is 2.27. The van der Waals surface area contributed by atoms with Gasteiger partial charge in [-0.15, -0.1) is 0 Å². The molecule has 1 saturated carbocycles. The van der Waals surface area contributed by atoms with Gasteiger partial charge in [-0.25, -0.2) is 0 Å². The van der Waals surface area contributed by atoms with Crippen LogP contribution in [0.1, 0.15) is 57.7 Å². The first-order valence-electron chi connectivity index (χ1n) is 8.49. The van der Waals surface area contributed by atoms with E-state index in [4.69, 9.17) is 9.84 Å². The van der Waals surface area contributed by atoms with Crippen LogP contribution in [0.5, 0.6) is 0 Å². The first-order chi connectivity index (χ1) is 10.4. The van der Waals surface area contributed by atoms with E-state index in [1.165, 1.54) is 36.8 Å². The molecule has 1 aliphatic carbocycles. The van der Waals surface area contributed by atoms with E-state index in [1.807, 2.05) is 13.8 Å². The number of rotatable bonds is 3. The minimum Gasteiger partial charge on any atom is -0.370 e. The second kappa shape index (κ2) is 6.61. The molecule has 1 unspecified atom stereocenters. The molecular formula is C18H26N2O. The summed E-state index contributed by atoms with van der Waals surface area (Å²) in [7, 11) is 0. The monoisotopic (exact) mass is 286 g/mol. The fourth-order valence-electron chi connectivity index (χ4n) is 3.36. The Bertz CT molecular complexity index is 586. The van der Waals surface area contributed by atoms with Crippen molar-refractivity contribution in [1.82, 2.24) is 9.78 Å². The summed E-state index contributed by atoms with van der Waals surface area (Å²) in [6.07, 6.45) is 6.99. The first-order valence-corrected chi connectivity index (χ1v) is 8.49. The smallest absolute Gasteiger partial charge is 0.0998 e. The lowest BCUT2D eigenvalue weighted by Gasteiger charge is -2.29. The molecule has 0 spiro atoms. The molecule has 3 nitrogen and oxygen atoms in total. The van der Waals surface area contributed by atoms with Crippen molar-refractivity contribution < 1.29 is 4.74 Å². The summed E-state index contributed by atoms with van der Waals surface area (Å²) < 4.78 is 8.20. The lowest BCUT2D eigenvalue weighted by molar-refractivity contribution is 0.00678. The van der Waals surface area contributed by atoms with E-state index in [9.17, 15) is 0 Å². The van der Waals surface area contributed by atoms with Gasteiger partial charge in [0, 0.05) is 5.39 Å². The SMILES string of the molecule is CC.c1ccc2c3n(nc2c1)CCOC3CCC1CCC1. The summed E-state index contributed by atoms with van der Waals surface area (Å²) in [6, 6.07) is 8.44. The quantitative estimate of drug-likeness (QED) is 0.816. The summed E-state index contributed by atoms with van der Waals surface area (Å²) in [5, 5.41) is 5.98. The summed E-state index contributed by atoms with van der Waals surface area (Å²) in [6.45, 7) is 5.69. The Morgan fingerprint density at radius 2 is 2.00 bits per heavy atom. The van der Waals surface area contributed by atoms with Crippen molar-refractivity contribution in [2.45, 2.75) is 58.6 Å². The largest absolute Gasteiger partial charge is 0.370 e. The van der Waals surface area contributed by atoms with Crippen molar-refractivity contribution in [3.63, 3.8) is 0 Å². The van der Waals surface area contributed by atoms with Crippen molar-refractivity contribution in [2.75, 3.05) is 6.61 Å². The van der Waals surface area contributed by atoms with Crippen LogP contribution in [0.25, 0.3) is 10.9 Å². The van der Waals surface area contributed by atoms with Gasteiger partial charge in [0.25, 0.3) is 0 Å². The lowest BCUT2D eigenvalue weighted by atomic mass is 9.81. The number of fused-ring (bicyclic) bond motifs is 3. The molecule has 0 bridgehead atoms. The second-order valence-corrected chi connectivity index (χ2v) is 5.86. The molecule has 1 atom stereocenters. The molecule has 21 heavy (non-hydrogen) atoms. The van der Waals surface area contributed by atoms with E-state index >= 15 is 0 Å². The molecule has 0 N–H and O–H groups in total. The van der Waals surface area contributed by atoms with Crippen molar-refractivity contribution in [2.24, 2.45) is 5.92 Å². The minimum absolute atomic E-state index is 0.252. The molecule has 0 radical (unpaired) electrons. The molecule has 4 rings (SSSR count). The normalized spacial score (nSPS) is 21.3. The van der Waals surface area contributed by atoms with Crippen LogP contribution in [0.15, 0.2) is 24.3 Å². The van der Waals surface area contributed by atoms with Gasteiger partial charge in [0.2, 0.25) is 0 Å². The molecule has 1 fully saturated rings. The predicted octanol–water partition coefficient (Wildman–Crippen LogP) is 4.71. The van der Waals surface area contributed by atoms with Gasteiger partial charge >= 0.3 is 0 Å². The van der Waals surface area contributed by atoms with Crippen LogP contribution in [-0.4, -0.2) is 16.4 Å². The second-order valence-electron chi connectivity index (χ2n) is 5.86. The number of nitrogens with zero attached hydrogens (tertiary/aromatic N) is 2. The zero-order valence-corrected chi connectivity index (χ0v) is 13.2. The van der Waals surface area contributed by atoms with Crippen LogP contribution in [0, 0.1) is 5.92 Å². The molecule has 2 aliphatic rings. The highest BCUT2D eigenvalue weighted by molar-refractivity contribution is 5.81. The van der Waals surface area contributed by atoms with Gasteiger partial charge in [0.1, 0.15) is 0 Å². The van der Waals surface area contributed by atoms with Gasteiger partial charge in [-0.1, -0.05) is 51.3 Å². The van der Waals surface area contributed by atoms with E-state index in [2.05, 4.69) is 28.9 Å². The maximum atomic E-state index is 6.03. The van der Waals surface area contributed by atoms with E-state index in [-0.39, 0.29) is 6.10 Å². The van der Waals surface area contributed by atoms with Crippen LogP contribution in [-0.2, 0) is 11.3 Å². The zero-order chi connectivity index (χ0) is 14.7. The molecular weight excluding hydrogens is 260 g/mol. The topological polar surface area (TPSA) is 27.1 Å². The molecule has 0 saturated heterocycles. The molecule has 2 heterocycles. The fraction of sp³-hybridized carbons (Fsp3) is 0.611. The van der Waals surface area contributed by atoms with Crippen LogP contribution in [0.4, 0.5) is 0 Å². The number of aromatic nitrogens is 2.